The van der Waals surface area contributed by atoms with E-state index in [0.29, 0.717) is 24.3 Å². The van der Waals surface area contributed by atoms with Gasteiger partial charge < -0.3 is 20.2 Å². The summed E-state index contributed by atoms with van der Waals surface area (Å²) >= 11 is 12.0. The van der Waals surface area contributed by atoms with Crippen molar-refractivity contribution in [2.75, 3.05) is 38.1 Å². The highest BCUT2D eigenvalue weighted by Crippen LogP contribution is 2.42. The van der Waals surface area contributed by atoms with Gasteiger partial charge in [-0.25, -0.2) is 4.98 Å². The molecule has 1 unspecified atom stereocenters. The number of nitrogens with zero attached hydrogens (tertiary/aromatic N) is 3. The van der Waals surface area contributed by atoms with Crippen LogP contribution in [0.2, 0.25) is 10.2 Å². The zero-order chi connectivity index (χ0) is 28.4. The average Bonchev–Trinajstić information content (AvgIpc) is 2.92. The summed E-state index contributed by atoms with van der Waals surface area (Å²) in [4.78, 5) is 32.5. The molecule has 0 bridgehead atoms. The van der Waals surface area contributed by atoms with Crippen molar-refractivity contribution in [3.05, 3.63) is 57.7 Å². The number of pyridine rings is 1. The van der Waals surface area contributed by atoms with E-state index in [1.165, 1.54) is 19.2 Å². The maximum atomic E-state index is 14.0. The van der Waals surface area contributed by atoms with Crippen LogP contribution in [-0.2, 0) is 10.4 Å². The van der Waals surface area contributed by atoms with Crippen molar-refractivity contribution in [1.29, 1.82) is 0 Å². The van der Waals surface area contributed by atoms with Gasteiger partial charge in [0, 0.05) is 43.8 Å². The Kier molecular flexibility index (Phi) is 8.98. The number of carbonyl (C=O) groups is 2. The van der Waals surface area contributed by atoms with Gasteiger partial charge in [0.1, 0.15) is 11.0 Å². The lowest BCUT2D eigenvalue weighted by molar-refractivity contribution is -0.262. The molecule has 2 amide bonds. The Balaban J connectivity index is 1.31. The van der Waals surface area contributed by atoms with Gasteiger partial charge in [-0.1, -0.05) is 35.3 Å². The molecule has 0 radical (unpaired) electrons. The number of nitrogens with one attached hydrogen (secondary N) is 1. The number of carbonyl (C=O) groups excluding carboxylic acids is 2. The van der Waals surface area contributed by atoms with Crippen LogP contribution in [0.15, 0.2) is 36.4 Å². The first-order valence-corrected chi connectivity index (χ1v) is 13.7. The van der Waals surface area contributed by atoms with E-state index in [0.717, 1.165) is 55.2 Å². The summed E-state index contributed by atoms with van der Waals surface area (Å²) in [5, 5.41) is 13.4. The maximum Gasteiger partial charge on any atom is 0.430 e. The molecular weight excluding hydrogens is 556 g/mol. The summed E-state index contributed by atoms with van der Waals surface area (Å²) in [6.45, 7) is 1.87. The molecule has 2 aliphatic rings. The Hall–Kier alpha value is -2.56. The van der Waals surface area contributed by atoms with Gasteiger partial charge in [-0.2, -0.15) is 13.2 Å². The van der Waals surface area contributed by atoms with Gasteiger partial charge in [-0.15, -0.1) is 0 Å². The second-order valence-corrected chi connectivity index (χ2v) is 11.0. The van der Waals surface area contributed by atoms with Crippen LogP contribution in [0.5, 0.6) is 0 Å². The molecule has 1 aromatic carbocycles. The van der Waals surface area contributed by atoms with Gasteiger partial charge in [0.05, 0.1) is 5.56 Å². The normalized spacial score (nSPS) is 19.1. The number of aromatic nitrogens is 1. The summed E-state index contributed by atoms with van der Waals surface area (Å²) in [5.74, 6) is -0.201. The second-order valence-electron chi connectivity index (χ2n) is 10.2. The van der Waals surface area contributed by atoms with Gasteiger partial charge in [-0.3, -0.25) is 9.59 Å². The predicted octanol–water partition coefficient (Wildman–Crippen LogP) is 5.04. The zero-order valence-electron chi connectivity index (χ0n) is 21.5. The molecule has 212 valence electrons. The molecule has 3 heterocycles. The molecule has 2 aliphatic heterocycles. The number of anilines is 1. The van der Waals surface area contributed by atoms with Crippen LogP contribution in [0.25, 0.3) is 0 Å². The SMILES string of the molecule is CNC(=O)c1ccc(N2CCC(CC3CCN(C(=O)C(O)(c4cccc(Cl)c4)C(F)(F)F)CC3)CC2)nc1Cl. The van der Waals surface area contributed by atoms with Gasteiger partial charge in [0.2, 0.25) is 0 Å². The highest BCUT2D eigenvalue weighted by atomic mass is 35.5. The van der Waals surface area contributed by atoms with Crippen LogP contribution in [0.3, 0.4) is 0 Å². The van der Waals surface area contributed by atoms with Gasteiger partial charge >= 0.3 is 6.18 Å². The quantitative estimate of drug-likeness (QED) is 0.463. The Morgan fingerprint density at radius 3 is 2.18 bits per heavy atom. The molecule has 0 spiro atoms. The fourth-order valence-corrected chi connectivity index (χ4v) is 5.92. The van der Waals surface area contributed by atoms with Crippen LogP contribution in [0.4, 0.5) is 19.0 Å². The minimum absolute atomic E-state index is 0.00696. The number of rotatable bonds is 6. The van der Waals surface area contributed by atoms with E-state index in [1.807, 2.05) is 0 Å². The van der Waals surface area contributed by atoms with Crippen LogP contribution in [0, 0.1) is 11.8 Å². The number of aliphatic hydroxyl groups is 1. The monoisotopic (exact) mass is 586 g/mol. The van der Waals surface area contributed by atoms with Gasteiger partial charge in [0.15, 0.2) is 0 Å². The van der Waals surface area contributed by atoms with E-state index >= 15 is 0 Å². The van der Waals surface area contributed by atoms with E-state index in [4.69, 9.17) is 23.2 Å². The van der Waals surface area contributed by atoms with E-state index in [-0.39, 0.29) is 35.1 Å². The third-order valence-electron chi connectivity index (χ3n) is 7.77. The molecule has 2 N–H and O–H groups in total. The Labute approximate surface area is 235 Å². The van der Waals surface area contributed by atoms with Gasteiger partial charge in [0.25, 0.3) is 17.4 Å². The van der Waals surface area contributed by atoms with Crippen molar-refractivity contribution >= 4 is 40.8 Å². The number of amides is 2. The third kappa shape index (κ3) is 6.28. The first-order valence-electron chi connectivity index (χ1n) is 12.9. The Morgan fingerprint density at radius 2 is 1.64 bits per heavy atom. The molecule has 4 rings (SSSR count). The lowest BCUT2D eigenvalue weighted by Gasteiger charge is -2.40. The van der Waals surface area contributed by atoms with E-state index in [9.17, 15) is 27.9 Å². The van der Waals surface area contributed by atoms with E-state index < -0.39 is 23.2 Å². The van der Waals surface area contributed by atoms with Gasteiger partial charge in [-0.05, 0) is 68.2 Å². The number of likely N-dealkylation sites (tertiary alicyclic amines) is 1. The van der Waals surface area contributed by atoms with Crippen molar-refractivity contribution in [3.63, 3.8) is 0 Å². The number of piperidine rings is 2. The Bertz CT molecular complexity index is 1200. The maximum absolute atomic E-state index is 14.0. The topological polar surface area (TPSA) is 85.8 Å². The molecule has 2 fully saturated rings. The molecule has 7 nitrogen and oxygen atoms in total. The first kappa shape index (κ1) is 29.4. The van der Waals surface area contributed by atoms with Crippen molar-refractivity contribution in [3.8, 4) is 0 Å². The highest BCUT2D eigenvalue weighted by molar-refractivity contribution is 6.32. The molecule has 12 heteroatoms. The van der Waals surface area contributed by atoms with Crippen molar-refractivity contribution < 1.29 is 27.9 Å². The number of alkyl halides is 3. The molecule has 0 aliphatic carbocycles. The largest absolute Gasteiger partial charge is 0.430 e. The van der Waals surface area contributed by atoms with Crippen molar-refractivity contribution in [1.82, 2.24) is 15.2 Å². The third-order valence-corrected chi connectivity index (χ3v) is 8.30. The summed E-state index contributed by atoms with van der Waals surface area (Å²) in [5.41, 5.74) is -3.91. The number of hydrogen-bond donors (Lipinski definition) is 2. The lowest BCUT2D eigenvalue weighted by Crippen LogP contribution is -2.57. The predicted molar refractivity (Wildman–Crippen MR) is 143 cm³/mol. The Morgan fingerprint density at radius 1 is 1.03 bits per heavy atom. The second kappa shape index (κ2) is 11.9. The highest BCUT2D eigenvalue weighted by Gasteiger charge is 2.62. The fourth-order valence-electron chi connectivity index (χ4n) is 5.50. The first-order chi connectivity index (χ1) is 18.4. The minimum Gasteiger partial charge on any atom is -0.368 e. The standard InChI is InChI=1S/C27H31Cl2F3N4O3/c1-33-24(37)21-5-6-22(34-23(21)29)35-11-7-17(8-12-35)15-18-9-13-36(14-10-18)25(38)26(39,27(30,31)32)19-3-2-4-20(28)16-19/h2-6,16-18,39H,7-15H2,1H3,(H,33,37). The molecule has 2 aromatic rings. The average molecular weight is 587 g/mol. The molecule has 0 saturated carbocycles. The number of halogens is 5. The van der Waals surface area contributed by atoms with Crippen molar-refractivity contribution in [2.24, 2.45) is 11.8 Å². The molecule has 1 aromatic heterocycles. The van der Waals surface area contributed by atoms with Crippen LogP contribution in [0.1, 0.15) is 48.0 Å². The smallest absolute Gasteiger partial charge is 0.368 e. The van der Waals surface area contributed by atoms with Crippen LogP contribution >= 0.6 is 23.2 Å². The summed E-state index contributed by atoms with van der Waals surface area (Å²) < 4.78 is 42.0. The molecular formula is C27H31Cl2F3N4O3. The molecule has 1 atom stereocenters. The van der Waals surface area contributed by atoms with Crippen molar-refractivity contribution in [2.45, 2.75) is 43.9 Å². The minimum atomic E-state index is -5.19. The molecule has 39 heavy (non-hydrogen) atoms. The lowest BCUT2D eigenvalue weighted by atomic mass is 9.82. The summed E-state index contributed by atoms with van der Waals surface area (Å²) in [6.07, 6.45) is -1.25. The van der Waals surface area contributed by atoms with Crippen LogP contribution in [-0.4, -0.2) is 66.2 Å². The fraction of sp³-hybridized carbons (Fsp3) is 0.519. The zero-order valence-corrected chi connectivity index (χ0v) is 23.0. The number of benzene rings is 1. The number of hydrogen-bond acceptors (Lipinski definition) is 5. The van der Waals surface area contributed by atoms with E-state index in [1.54, 1.807) is 12.1 Å². The summed E-state index contributed by atoms with van der Waals surface area (Å²) in [7, 11) is 1.53. The molecule has 2 saturated heterocycles. The summed E-state index contributed by atoms with van der Waals surface area (Å²) in [6, 6.07) is 8.16. The van der Waals surface area contributed by atoms with Crippen LogP contribution < -0.4 is 10.2 Å². The van der Waals surface area contributed by atoms with E-state index in [2.05, 4.69) is 15.2 Å².